The Bertz CT molecular complexity index is 762. The van der Waals surface area contributed by atoms with Crippen molar-refractivity contribution in [2.75, 3.05) is 45.6 Å². The number of methoxy groups -OCH3 is 1. The number of carbonyl (C=O) groups is 1. The minimum Gasteiger partial charge on any atom is -0.495 e. The van der Waals surface area contributed by atoms with Crippen molar-refractivity contribution in [2.45, 2.75) is 19.0 Å². The highest BCUT2D eigenvalue weighted by Crippen LogP contribution is 2.31. The normalized spacial score (nSPS) is 20.7. The van der Waals surface area contributed by atoms with Crippen molar-refractivity contribution in [3.8, 4) is 5.75 Å². The van der Waals surface area contributed by atoms with E-state index in [1.165, 1.54) is 19.4 Å². The summed E-state index contributed by atoms with van der Waals surface area (Å²) in [5.41, 5.74) is 7.33. The number of piperazine rings is 1. The minimum absolute atomic E-state index is 0.373. The first-order valence-electron chi connectivity index (χ1n) is 8.92. The molecule has 1 unspecified atom stereocenters. The van der Waals surface area contributed by atoms with Gasteiger partial charge in [-0.05, 0) is 24.8 Å². The van der Waals surface area contributed by atoms with Crippen LogP contribution in [-0.2, 0) is 4.79 Å². The number of benzene rings is 1. The van der Waals surface area contributed by atoms with Gasteiger partial charge in [0.15, 0.2) is 12.5 Å². The number of nitrogen functional groups attached to an aromatic ring is 1. The van der Waals surface area contributed by atoms with Gasteiger partial charge in [-0.1, -0.05) is 0 Å². The molecular formula is C18H25N5O2. The highest BCUT2D eigenvalue weighted by molar-refractivity contribution is 5.85. The Labute approximate surface area is 147 Å². The summed E-state index contributed by atoms with van der Waals surface area (Å²) in [7, 11) is 1.59. The van der Waals surface area contributed by atoms with Crippen LogP contribution in [0.3, 0.4) is 0 Å². The van der Waals surface area contributed by atoms with E-state index in [1.54, 1.807) is 11.8 Å². The second-order valence-electron chi connectivity index (χ2n) is 7.09. The lowest BCUT2D eigenvalue weighted by Crippen LogP contribution is -2.49. The molecule has 2 N–H and O–H groups in total. The molecule has 0 bridgehead atoms. The first kappa shape index (κ1) is 16.4. The molecule has 1 aromatic carbocycles. The molecule has 2 fully saturated rings. The Hall–Kier alpha value is -2.12. The number of anilines is 1. The Kier molecular flexibility index (Phi) is 4.35. The smallest absolute Gasteiger partial charge is 0.160 e. The molecule has 1 aliphatic carbocycles. The van der Waals surface area contributed by atoms with E-state index >= 15 is 0 Å². The van der Waals surface area contributed by atoms with Gasteiger partial charge in [0.25, 0.3) is 0 Å². The van der Waals surface area contributed by atoms with Gasteiger partial charge in [-0.3, -0.25) is 9.69 Å². The number of aldehydes is 1. The van der Waals surface area contributed by atoms with Gasteiger partial charge in [-0.15, -0.1) is 0 Å². The standard InChI is InChI=1S/C18H25N5O2/c1-25-17-9-16-14(8-15(17)19)11-23(20-16)18(12-24)22-6-4-21(5-7-22)10-13-2-3-13/h8-9,11-13,18H,2-7,10,19H2,1H3. The van der Waals surface area contributed by atoms with Gasteiger partial charge in [0.1, 0.15) is 5.75 Å². The van der Waals surface area contributed by atoms with Gasteiger partial charge in [0.05, 0.1) is 18.3 Å². The first-order chi connectivity index (χ1) is 12.2. The van der Waals surface area contributed by atoms with Crippen molar-refractivity contribution < 1.29 is 9.53 Å². The van der Waals surface area contributed by atoms with E-state index in [2.05, 4.69) is 14.9 Å². The zero-order valence-electron chi connectivity index (χ0n) is 14.6. The van der Waals surface area contributed by atoms with Gasteiger partial charge >= 0.3 is 0 Å². The van der Waals surface area contributed by atoms with Gasteiger partial charge in [0.2, 0.25) is 0 Å². The van der Waals surface area contributed by atoms with Crippen molar-refractivity contribution in [2.24, 2.45) is 5.92 Å². The zero-order valence-corrected chi connectivity index (χ0v) is 14.6. The van der Waals surface area contributed by atoms with E-state index < -0.39 is 0 Å². The minimum atomic E-state index is -0.373. The Morgan fingerprint density at radius 2 is 2.08 bits per heavy atom. The van der Waals surface area contributed by atoms with Crippen LogP contribution in [0.5, 0.6) is 5.75 Å². The monoisotopic (exact) mass is 343 g/mol. The van der Waals surface area contributed by atoms with Crippen LogP contribution < -0.4 is 10.5 Å². The lowest BCUT2D eigenvalue weighted by atomic mass is 10.2. The van der Waals surface area contributed by atoms with Crippen LogP contribution >= 0.6 is 0 Å². The van der Waals surface area contributed by atoms with E-state index in [1.807, 2.05) is 18.3 Å². The Morgan fingerprint density at radius 3 is 2.72 bits per heavy atom. The molecule has 0 spiro atoms. The van der Waals surface area contributed by atoms with Crippen molar-refractivity contribution in [3.05, 3.63) is 18.3 Å². The van der Waals surface area contributed by atoms with Crippen molar-refractivity contribution >= 4 is 22.9 Å². The number of nitrogens with zero attached hydrogens (tertiary/aromatic N) is 4. The fourth-order valence-corrected chi connectivity index (χ4v) is 3.59. The molecule has 0 amide bonds. The number of hydrogen-bond acceptors (Lipinski definition) is 6. The topological polar surface area (TPSA) is 76.6 Å². The lowest BCUT2D eigenvalue weighted by Gasteiger charge is -2.37. The van der Waals surface area contributed by atoms with Gasteiger partial charge in [-0.25, -0.2) is 4.68 Å². The number of fused-ring (bicyclic) bond motifs is 1. The van der Waals surface area contributed by atoms with Crippen LogP contribution in [0.2, 0.25) is 0 Å². The van der Waals surface area contributed by atoms with Crippen LogP contribution in [0.25, 0.3) is 10.9 Å². The van der Waals surface area contributed by atoms with E-state index in [0.717, 1.165) is 49.3 Å². The molecule has 1 aromatic heterocycles. The maximum atomic E-state index is 11.8. The summed E-state index contributed by atoms with van der Waals surface area (Å²) in [5.74, 6) is 1.51. The molecule has 25 heavy (non-hydrogen) atoms. The quantitative estimate of drug-likeness (QED) is 0.630. The second-order valence-corrected chi connectivity index (χ2v) is 7.09. The molecule has 1 saturated heterocycles. The molecule has 134 valence electrons. The Balaban J connectivity index is 1.50. The third kappa shape index (κ3) is 3.34. The number of carbonyl (C=O) groups excluding carboxylic acids is 1. The molecule has 1 atom stereocenters. The number of aromatic nitrogens is 2. The average Bonchev–Trinajstić information content (AvgIpc) is 3.34. The van der Waals surface area contributed by atoms with Crippen LogP contribution in [-0.4, -0.2) is 65.7 Å². The molecule has 7 heteroatoms. The molecule has 4 rings (SSSR count). The fraction of sp³-hybridized carbons (Fsp3) is 0.556. The number of ether oxygens (including phenoxy) is 1. The third-order valence-electron chi connectivity index (χ3n) is 5.26. The van der Waals surface area contributed by atoms with Crippen LogP contribution in [0.1, 0.15) is 19.0 Å². The molecule has 2 aliphatic rings. The summed E-state index contributed by atoms with van der Waals surface area (Å²) in [4.78, 5) is 16.5. The number of hydrogen-bond donors (Lipinski definition) is 1. The second kappa shape index (κ2) is 6.65. The van der Waals surface area contributed by atoms with Crippen LogP contribution in [0.15, 0.2) is 18.3 Å². The highest BCUT2D eigenvalue weighted by Gasteiger charge is 2.29. The van der Waals surface area contributed by atoms with Crippen molar-refractivity contribution in [1.82, 2.24) is 19.6 Å². The van der Waals surface area contributed by atoms with E-state index in [-0.39, 0.29) is 6.17 Å². The lowest BCUT2D eigenvalue weighted by molar-refractivity contribution is -0.116. The largest absolute Gasteiger partial charge is 0.495 e. The van der Waals surface area contributed by atoms with Gasteiger partial charge < -0.3 is 15.4 Å². The summed E-state index contributed by atoms with van der Waals surface area (Å²) in [5, 5.41) is 5.50. The van der Waals surface area contributed by atoms with Gasteiger partial charge in [0, 0.05) is 50.4 Å². The summed E-state index contributed by atoms with van der Waals surface area (Å²) in [6.45, 7) is 5.02. The molecule has 1 aliphatic heterocycles. The summed E-state index contributed by atoms with van der Waals surface area (Å²) in [6, 6.07) is 3.66. The predicted molar refractivity (Wildman–Crippen MR) is 96.5 cm³/mol. The van der Waals surface area contributed by atoms with E-state index in [4.69, 9.17) is 10.5 Å². The number of rotatable bonds is 6. The average molecular weight is 343 g/mol. The molecule has 7 nitrogen and oxygen atoms in total. The number of nitrogens with two attached hydrogens (primary N) is 1. The molecular weight excluding hydrogens is 318 g/mol. The predicted octanol–water partition coefficient (Wildman–Crippen LogP) is 1.35. The van der Waals surface area contributed by atoms with E-state index in [9.17, 15) is 4.79 Å². The molecule has 0 radical (unpaired) electrons. The fourth-order valence-electron chi connectivity index (χ4n) is 3.59. The maximum Gasteiger partial charge on any atom is 0.160 e. The maximum absolute atomic E-state index is 11.8. The summed E-state index contributed by atoms with van der Waals surface area (Å²) in [6.07, 6.45) is 5.25. The van der Waals surface area contributed by atoms with E-state index in [0.29, 0.717) is 11.4 Å². The van der Waals surface area contributed by atoms with Crippen molar-refractivity contribution in [3.63, 3.8) is 0 Å². The van der Waals surface area contributed by atoms with Crippen molar-refractivity contribution in [1.29, 1.82) is 0 Å². The highest BCUT2D eigenvalue weighted by atomic mass is 16.5. The molecule has 2 aromatic rings. The summed E-state index contributed by atoms with van der Waals surface area (Å²) < 4.78 is 7.00. The SMILES string of the molecule is COc1cc2nn(C(C=O)N3CCN(CC4CC4)CC3)cc2cc1N. The van der Waals surface area contributed by atoms with Crippen LogP contribution in [0, 0.1) is 5.92 Å². The zero-order chi connectivity index (χ0) is 17.4. The molecule has 2 heterocycles. The molecule has 1 saturated carbocycles. The Morgan fingerprint density at radius 1 is 1.32 bits per heavy atom. The van der Waals surface area contributed by atoms with Gasteiger partial charge in [-0.2, -0.15) is 5.10 Å². The summed E-state index contributed by atoms with van der Waals surface area (Å²) >= 11 is 0. The van der Waals surface area contributed by atoms with Crippen LogP contribution in [0.4, 0.5) is 5.69 Å². The first-order valence-corrected chi connectivity index (χ1v) is 8.92. The third-order valence-corrected chi connectivity index (χ3v) is 5.26.